The Hall–Kier alpha value is -4.83. The van der Waals surface area contributed by atoms with Gasteiger partial charge >= 0.3 is 12.1 Å². The van der Waals surface area contributed by atoms with Crippen LogP contribution < -0.4 is 15.4 Å². The zero-order chi connectivity index (χ0) is 30.4. The third-order valence-corrected chi connectivity index (χ3v) is 7.16. The molecule has 2 unspecified atom stereocenters. The fraction of sp³-hybridized carbons (Fsp3) is 0.226. The molecular formula is C31H31ClN4O6. The maximum Gasteiger partial charge on any atom is 0.412 e. The average molecular weight is 591 g/mol. The number of ether oxygens (including phenoxy) is 2. The number of carboxylic acids is 1. The first-order valence-electron chi connectivity index (χ1n) is 13.1. The predicted octanol–water partition coefficient (Wildman–Crippen LogP) is 5.79. The topological polar surface area (TPSA) is 132 Å². The Balaban J connectivity index is 1.46. The van der Waals surface area contributed by atoms with Crippen LogP contribution in [0.5, 0.6) is 5.75 Å². The molecule has 218 valence electrons. The Morgan fingerprint density at radius 2 is 1.69 bits per heavy atom. The molecule has 0 aliphatic heterocycles. The Morgan fingerprint density at radius 3 is 2.31 bits per heavy atom. The fourth-order valence-corrected chi connectivity index (χ4v) is 4.63. The summed E-state index contributed by atoms with van der Waals surface area (Å²) in [7, 11) is 3.30. The number of methoxy groups -OCH3 is 1. The first kappa shape index (κ1) is 30.1. The maximum absolute atomic E-state index is 12.9. The Kier molecular flexibility index (Phi) is 9.49. The normalized spacial score (nSPS) is 12.2. The number of carbonyl (C=O) groups excluding carboxylic acids is 2. The van der Waals surface area contributed by atoms with Gasteiger partial charge in [0.25, 0.3) is 5.91 Å². The van der Waals surface area contributed by atoms with Crippen LogP contribution in [0.25, 0.3) is 11.3 Å². The third-order valence-electron chi connectivity index (χ3n) is 6.81. The van der Waals surface area contributed by atoms with Gasteiger partial charge in [-0.2, -0.15) is 5.10 Å². The number of nitrogens with one attached hydrogen (secondary N) is 2. The molecule has 1 aromatic heterocycles. The highest BCUT2D eigenvalue weighted by atomic mass is 35.5. The van der Waals surface area contributed by atoms with Crippen molar-refractivity contribution >= 4 is 35.3 Å². The van der Waals surface area contributed by atoms with Gasteiger partial charge in [-0.15, -0.1) is 0 Å². The number of anilines is 1. The van der Waals surface area contributed by atoms with E-state index >= 15 is 0 Å². The summed E-state index contributed by atoms with van der Waals surface area (Å²) in [5.41, 5.74) is 3.96. The van der Waals surface area contributed by atoms with Crippen LogP contribution in [0.1, 0.15) is 40.2 Å². The van der Waals surface area contributed by atoms with E-state index in [1.807, 2.05) is 6.07 Å². The SMILES string of the molecule is COc1ccc(CC(NC(=O)c2ccc(-c3nn(C)c(C)c3NC(=O)OC(C)c3ccccc3Cl)cc2)C(=O)O)cc1. The van der Waals surface area contributed by atoms with Crippen LogP contribution in [-0.4, -0.2) is 46.0 Å². The largest absolute Gasteiger partial charge is 0.497 e. The fourth-order valence-electron chi connectivity index (χ4n) is 4.34. The van der Waals surface area contributed by atoms with Gasteiger partial charge in [-0.1, -0.05) is 54.1 Å². The number of rotatable bonds is 10. The van der Waals surface area contributed by atoms with Crippen LogP contribution in [0.15, 0.2) is 72.8 Å². The summed E-state index contributed by atoms with van der Waals surface area (Å²) in [4.78, 5) is 37.6. The molecule has 0 radical (unpaired) electrons. The summed E-state index contributed by atoms with van der Waals surface area (Å²) in [6.45, 7) is 3.54. The number of halogens is 1. The van der Waals surface area contributed by atoms with Gasteiger partial charge in [0.2, 0.25) is 0 Å². The van der Waals surface area contributed by atoms with Crippen LogP contribution in [0, 0.1) is 6.92 Å². The summed E-state index contributed by atoms with van der Waals surface area (Å²) in [5, 5.41) is 20.1. The number of nitrogens with zero attached hydrogens (tertiary/aromatic N) is 2. The molecule has 10 nitrogen and oxygen atoms in total. The lowest BCUT2D eigenvalue weighted by molar-refractivity contribution is -0.139. The number of carboxylic acid groups (broad SMARTS) is 1. The molecule has 0 saturated heterocycles. The molecule has 1 heterocycles. The minimum atomic E-state index is -1.15. The average Bonchev–Trinajstić information content (AvgIpc) is 3.25. The minimum absolute atomic E-state index is 0.108. The van der Waals surface area contributed by atoms with Crippen molar-refractivity contribution in [1.82, 2.24) is 15.1 Å². The van der Waals surface area contributed by atoms with Crippen LogP contribution >= 0.6 is 11.6 Å². The van der Waals surface area contributed by atoms with Crippen LogP contribution in [-0.2, 0) is 23.0 Å². The smallest absolute Gasteiger partial charge is 0.412 e. The molecule has 0 fully saturated rings. The van der Waals surface area contributed by atoms with Crippen molar-refractivity contribution in [3.8, 4) is 17.0 Å². The molecule has 0 spiro atoms. The van der Waals surface area contributed by atoms with Crippen LogP contribution in [0.4, 0.5) is 10.5 Å². The van der Waals surface area contributed by atoms with Gasteiger partial charge in [-0.25, -0.2) is 9.59 Å². The molecule has 3 N–H and O–H groups in total. The van der Waals surface area contributed by atoms with E-state index in [2.05, 4.69) is 15.7 Å². The number of hydrogen-bond acceptors (Lipinski definition) is 6. The summed E-state index contributed by atoms with van der Waals surface area (Å²) < 4.78 is 12.3. The van der Waals surface area contributed by atoms with Crippen LogP contribution in [0.2, 0.25) is 5.02 Å². The standard InChI is InChI=1S/C31H31ClN4O6/c1-18-27(34-31(40)42-19(2)24-7-5-6-8-25(24)32)28(35-36(18)3)21-11-13-22(14-12-21)29(37)33-26(30(38)39)17-20-9-15-23(41-4)16-10-20/h5-16,19,26H,17H2,1-4H3,(H,33,37)(H,34,40)(H,38,39). The second-order valence-electron chi connectivity index (χ2n) is 9.62. The molecule has 0 bridgehead atoms. The van der Waals surface area contributed by atoms with Crippen molar-refractivity contribution in [2.75, 3.05) is 12.4 Å². The first-order chi connectivity index (χ1) is 20.1. The molecule has 3 aromatic carbocycles. The lowest BCUT2D eigenvalue weighted by Crippen LogP contribution is -2.42. The number of amides is 2. The summed E-state index contributed by atoms with van der Waals surface area (Å²) in [6.07, 6.45) is -1.15. The van der Waals surface area contributed by atoms with Gasteiger partial charge in [0.05, 0.1) is 18.5 Å². The molecule has 4 rings (SSSR count). The molecule has 2 atom stereocenters. The molecule has 2 amide bonds. The molecule has 0 aliphatic rings. The van der Waals surface area contributed by atoms with E-state index in [9.17, 15) is 19.5 Å². The Bertz CT molecular complexity index is 1580. The number of benzene rings is 3. The van der Waals surface area contributed by atoms with Crippen molar-refractivity contribution in [1.29, 1.82) is 0 Å². The van der Waals surface area contributed by atoms with Crippen molar-refractivity contribution in [3.05, 3.63) is 100 Å². The second-order valence-corrected chi connectivity index (χ2v) is 10.0. The van der Waals surface area contributed by atoms with Gasteiger partial charge in [-0.05, 0) is 49.7 Å². The number of aliphatic carboxylic acids is 1. The molecule has 0 aliphatic carbocycles. The van der Waals surface area contributed by atoms with E-state index in [4.69, 9.17) is 21.1 Å². The van der Waals surface area contributed by atoms with Gasteiger partial charge in [0.1, 0.15) is 23.6 Å². The number of aromatic nitrogens is 2. The molecular weight excluding hydrogens is 560 g/mol. The summed E-state index contributed by atoms with van der Waals surface area (Å²) in [5.74, 6) is -1.03. The lowest BCUT2D eigenvalue weighted by atomic mass is 10.0. The van der Waals surface area contributed by atoms with Crippen molar-refractivity contribution in [2.24, 2.45) is 7.05 Å². The minimum Gasteiger partial charge on any atom is -0.497 e. The van der Waals surface area contributed by atoms with E-state index < -0.39 is 30.1 Å². The molecule has 0 saturated carbocycles. The Morgan fingerprint density at radius 1 is 1.02 bits per heavy atom. The quantitative estimate of drug-likeness (QED) is 0.213. The number of carbonyl (C=O) groups is 3. The van der Waals surface area contributed by atoms with Crippen molar-refractivity contribution in [3.63, 3.8) is 0 Å². The van der Waals surface area contributed by atoms with Crippen LogP contribution in [0.3, 0.4) is 0 Å². The highest BCUT2D eigenvalue weighted by molar-refractivity contribution is 6.31. The third kappa shape index (κ3) is 7.08. The molecule has 11 heteroatoms. The van der Waals surface area contributed by atoms with Gasteiger partial charge in [0.15, 0.2) is 0 Å². The summed E-state index contributed by atoms with van der Waals surface area (Å²) >= 11 is 6.23. The van der Waals surface area contributed by atoms with E-state index in [1.165, 1.54) is 0 Å². The van der Waals surface area contributed by atoms with Crippen molar-refractivity contribution in [2.45, 2.75) is 32.4 Å². The predicted molar refractivity (Wildman–Crippen MR) is 159 cm³/mol. The number of hydrogen-bond donors (Lipinski definition) is 3. The number of aryl methyl sites for hydroxylation is 1. The van der Waals surface area contributed by atoms with Gasteiger partial charge in [-0.3, -0.25) is 14.8 Å². The van der Waals surface area contributed by atoms with Gasteiger partial charge < -0.3 is 19.9 Å². The highest BCUT2D eigenvalue weighted by Gasteiger charge is 2.23. The van der Waals surface area contributed by atoms with Gasteiger partial charge in [0, 0.05) is 35.2 Å². The monoisotopic (exact) mass is 590 g/mol. The molecule has 42 heavy (non-hydrogen) atoms. The van der Waals surface area contributed by atoms with E-state index in [-0.39, 0.29) is 12.0 Å². The second kappa shape index (κ2) is 13.2. The lowest BCUT2D eigenvalue weighted by Gasteiger charge is -2.16. The summed E-state index contributed by atoms with van der Waals surface area (Å²) in [6, 6.07) is 19.5. The zero-order valence-corrected chi connectivity index (χ0v) is 24.3. The molecule has 4 aromatic rings. The van der Waals surface area contributed by atoms with Crippen molar-refractivity contribution < 1.29 is 29.0 Å². The first-order valence-corrected chi connectivity index (χ1v) is 13.5. The zero-order valence-electron chi connectivity index (χ0n) is 23.6. The van der Waals surface area contributed by atoms with E-state index in [0.717, 1.165) is 5.56 Å². The Labute approximate surface area is 248 Å². The van der Waals surface area contributed by atoms with E-state index in [0.29, 0.717) is 39.0 Å². The highest BCUT2D eigenvalue weighted by Crippen LogP contribution is 2.31. The van der Waals surface area contributed by atoms with E-state index in [1.54, 1.807) is 99.4 Å². The maximum atomic E-state index is 12.9.